The molecule has 0 fully saturated rings. The molecular formula is C22H18O3S. The quantitative estimate of drug-likeness (QED) is 0.481. The standard InChI is InChI=1S/C22H18O3S/c23-22(19-12-6-2-7-13-19)16-20(18-10-4-1-5-11-18)17-26(24,25)21-14-8-3-9-15-21/h1-16H,17H2/b20-16-. The fourth-order valence-corrected chi connectivity index (χ4v) is 4.02. The van der Waals surface area contributed by atoms with Gasteiger partial charge in [-0.2, -0.15) is 0 Å². The van der Waals surface area contributed by atoms with Gasteiger partial charge in [0.2, 0.25) is 0 Å². The molecule has 0 aliphatic carbocycles. The van der Waals surface area contributed by atoms with E-state index in [1.807, 2.05) is 36.4 Å². The highest BCUT2D eigenvalue weighted by atomic mass is 32.2. The van der Waals surface area contributed by atoms with Crippen LogP contribution < -0.4 is 0 Å². The van der Waals surface area contributed by atoms with Gasteiger partial charge in [0.25, 0.3) is 0 Å². The zero-order valence-corrected chi connectivity index (χ0v) is 14.9. The first kappa shape index (κ1) is 17.8. The molecule has 0 aliphatic rings. The maximum Gasteiger partial charge on any atom is 0.186 e. The Morgan fingerprint density at radius 1 is 0.692 bits per heavy atom. The lowest BCUT2D eigenvalue weighted by Gasteiger charge is -2.10. The van der Waals surface area contributed by atoms with E-state index in [2.05, 4.69) is 0 Å². The van der Waals surface area contributed by atoms with Gasteiger partial charge in [0, 0.05) is 5.56 Å². The average molecular weight is 362 g/mol. The van der Waals surface area contributed by atoms with Crippen LogP contribution in [0.5, 0.6) is 0 Å². The molecule has 0 radical (unpaired) electrons. The number of benzene rings is 3. The monoisotopic (exact) mass is 362 g/mol. The summed E-state index contributed by atoms with van der Waals surface area (Å²) in [6, 6.07) is 26.2. The predicted octanol–water partition coefficient (Wildman–Crippen LogP) is 4.43. The number of hydrogen-bond donors (Lipinski definition) is 0. The van der Waals surface area contributed by atoms with Crippen LogP contribution in [-0.4, -0.2) is 20.0 Å². The molecule has 3 rings (SSSR count). The van der Waals surface area contributed by atoms with Crippen molar-refractivity contribution in [3.63, 3.8) is 0 Å². The maximum atomic E-state index is 12.8. The Bertz CT molecular complexity index is 1010. The second-order valence-electron chi connectivity index (χ2n) is 5.84. The van der Waals surface area contributed by atoms with Crippen molar-refractivity contribution in [3.05, 3.63) is 108 Å². The lowest BCUT2D eigenvalue weighted by atomic mass is 10.0. The Morgan fingerprint density at radius 3 is 1.69 bits per heavy atom. The Morgan fingerprint density at radius 2 is 1.15 bits per heavy atom. The summed E-state index contributed by atoms with van der Waals surface area (Å²) in [5, 5.41) is 0. The molecule has 0 unspecified atom stereocenters. The second-order valence-corrected chi connectivity index (χ2v) is 7.83. The van der Waals surface area contributed by atoms with Crippen LogP contribution in [0.25, 0.3) is 5.57 Å². The minimum Gasteiger partial charge on any atom is -0.289 e. The van der Waals surface area contributed by atoms with E-state index < -0.39 is 9.84 Å². The number of hydrogen-bond acceptors (Lipinski definition) is 3. The number of rotatable bonds is 6. The van der Waals surface area contributed by atoms with Crippen molar-refractivity contribution < 1.29 is 13.2 Å². The van der Waals surface area contributed by atoms with Gasteiger partial charge in [-0.25, -0.2) is 8.42 Å². The van der Waals surface area contributed by atoms with E-state index in [1.165, 1.54) is 6.08 Å². The van der Waals surface area contributed by atoms with Gasteiger partial charge in [0.15, 0.2) is 15.6 Å². The molecule has 0 saturated carbocycles. The van der Waals surface area contributed by atoms with Crippen molar-refractivity contribution in [1.82, 2.24) is 0 Å². The summed E-state index contributed by atoms with van der Waals surface area (Å²) in [5.74, 6) is -0.452. The number of sulfone groups is 1. The van der Waals surface area contributed by atoms with Gasteiger partial charge in [0.1, 0.15) is 0 Å². The highest BCUT2D eigenvalue weighted by Gasteiger charge is 2.18. The summed E-state index contributed by atoms with van der Waals surface area (Å²) in [6.45, 7) is 0. The smallest absolute Gasteiger partial charge is 0.186 e. The van der Waals surface area contributed by atoms with Crippen molar-refractivity contribution in [2.24, 2.45) is 0 Å². The first-order valence-electron chi connectivity index (χ1n) is 8.19. The highest BCUT2D eigenvalue weighted by molar-refractivity contribution is 7.91. The molecule has 3 nitrogen and oxygen atoms in total. The largest absolute Gasteiger partial charge is 0.289 e. The van der Waals surface area contributed by atoms with Crippen LogP contribution in [0, 0.1) is 0 Å². The van der Waals surface area contributed by atoms with Gasteiger partial charge in [0.05, 0.1) is 10.6 Å². The molecule has 0 saturated heterocycles. The summed E-state index contributed by atoms with van der Waals surface area (Å²) in [6.07, 6.45) is 1.42. The van der Waals surface area contributed by atoms with E-state index in [1.54, 1.807) is 54.6 Å². The molecule has 0 amide bonds. The van der Waals surface area contributed by atoms with Crippen LogP contribution in [0.15, 0.2) is 102 Å². The molecule has 0 aromatic heterocycles. The minimum atomic E-state index is -3.56. The minimum absolute atomic E-state index is 0.215. The van der Waals surface area contributed by atoms with Gasteiger partial charge in [-0.15, -0.1) is 0 Å². The molecule has 0 bridgehead atoms. The summed E-state index contributed by atoms with van der Waals surface area (Å²) < 4.78 is 25.6. The first-order chi connectivity index (χ1) is 12.6. The maximum absolute atomic E-state index is 12.8. The third kappa shape index (κ3) is 4.35. The average Bonchev–Trinajstić information content (AvgIpc) is 2.69. The molecule has 4 heteroatoms. The molecule has 0 atom stereocenters. The lowest BCUT2D eigenvalue weighted by molar-refractivity contribution is 0.104. The van der Waals surface area contributed by atoms with Crippen LogP contribution in [0.3, 0.4) is 0 Å². The van der Waals surface area contributed by atoms with Gasteiger partial charge in [-0.1, -0.05) is 78.9 Å². The van der Waals surface area contributed by atoms with Crippen molar-refractivity contribution in [3.8, 4) is 0 Å². The molecule has 0 heterocycles. The number of carbonyl (C=O) groups excluding carboxylic acids is 1. The topological polar surface area (TPSA) is 51.2 Å². The summed E-state index contributed by atoms with van der Waals surface area (Å²) in [4.78, 5) is 12.8. The Kier molecular flexibility index (Phi) is 5.44. The Labute approximate surface area is 153 Å². The van der Waals surface area contributed by atoms with Crippen LogP contribution in [-0.2, 0) is 9.84 Å². The highest BCUT2D eigenvalue weighted by Crippen LogP contribution is 2.22. The summed E-state index contributed by atoms with van der Waals surface area (Å²) in [7, 11) is -3.56. The van der Waals surface area contributed by atoms with Crippen molar-refractivity contribution in [2.45, 2.75) is 4.90 Å². The third-order valence-electron chi connectivity index (χ3n) is 3.96. The Balaban J connectivity index is 2.00. The zero-order chi connectivity index (χ0) is 18.4. The third-order valence-corrected chi connectivity index (χ3v) is 5.64. The second kappa shape index (κ2) is 7.93. The molecule has 0 N–H and O–H groups in total. The molecule has 0 aliphatic heterocycles. The molecule has 130 valence electrons. The summed E-state index contributed by atoms with van der Waals surface area (Å²) >= 11 is 0. The van der Waals surface area contributed by atoms with E-state index in [9.17, 15) is 13.2 Å². The van der Waals surface area contributed by atoms with E-state index in [0.717, 1.165) is 5.56 Å². The van der Waals surface area contributed by atoms with Gasteiger partial charge in [-0.3, -0.25) is 4.79 Å². The van der Waals surface area contributed by atoms with E-state index >= 15 is 0 Å². The molecule has 3 aromatic carbocycles. The molecular weight excluding hydrogens is 344 g/mol. The van der Waals surface area contributed by atoms with Crippen molar-refractivity contribution in [2.75, 3.05) is 5.75 Å². The van der Waals surface area contributed by atoms with Crippen LogP contribution in [0.4, 0.5) is 0 Å². The molecule has 26 heavy (non-hydrogen) atoms. The van der Waals surface area contributed by atoms with E-state index in [-0.39, 0.29) is 16.4 Å². The van der Waals surface area contributed by atoms with Gasteiger partial charge >= 0.3 is 0 Å². The first-order valence-corrected chi connectivity index (χ1v) is 9.85. The van der Waals surface area contributed by atoms with Crippen LogP contribution in [0.2, 0.25) is 0 Å². The van der Waals surface area contributed by atoms with Crippen molar-refractivity contribution >= 4 is 21.2 Å². The summed E-state index contributed by atoms with van der Waals surface area (Å²) in [5.41, 5.74) is 1.72. The van der Waals surface area contributed by atoms with E-state index in [4.69, 9.17) is 0 Å². The number of ketones is 1. The van der Waals surface area contributed by atoms with Crippen LogP contribution in [0.1, 0.15) is 15.9 Å². The molecule has 0 spiro atoms. The van der Waals surface area contributed by atoms with Gasteiger partial charge < -0.3 is 0 Å². The van der Waals surface area contributed by atoms with Gasteiger partial charge in [-0.05, 0) is 29.3 Å². The van der Waals surface area contributed by atoms with Crippen molar-refractivity contribution in [1.29, 1.82) is 0 Å². The lowest BCUT2D eigenvalue weighted by Crippen LogP contribution is -2.10. The fraction of sp³-hybridized carbons (Fsp3) is 0.0455. The predicted molar refractivity (Wildman–Crippen MR) is 104 cm³/mol. The fourth-order valence-electron chi connectivity index (χ4n) is 2.62. The normalized spacial score (nSPS) is 11.9. The molecule has 3 aromatic rings. The van der Waals surface area contributed by atoms with Crippen LogP contribution >= 0.6 is 0 Å². The SMILES string of the molecule is O=C(/C=C(/CS(=O)(=O)c1ccccc1)c1ccccc1)c1ccccc1. The number of carbonyl (C=O) groups is 1. The Hall–Kier alpha value is -2.98. The number of allylic oxidation sites excluding steroid dienone is 1. The van der Waals surface area contributed by atoms with E-state index in [0.29, 0.717) is 11.1 Å². The zero-order valence-electron chi connectivity index (χ0n) is 14.1.